The number of hydrogen-bond acceptors (Lipinski definition) is 6. The number of nitrogens with zero attached hydrogens (tertiary/aromatic N) is 5. The third-order valence-corrected chi connectivity index (χ3v) is 6.45. The number of nitrogens with one attached hydrogen (secondary N) is 1. The van der Waals surface area contributed by atoms with Crippen LogP contribution < -0.4 is 5.32 Å². The highest BCUT2D eigenvalue weighted by molar-refractivity contribution is 7.88. The van der Waals surface area contributed by atoms with Crippen LogP contribution in [0.25, 0.3) is 16.9 Å². The van der Waals surface area contributed by atoms with Crippen molar-refractivity contribution in [3.8, 4) is 11.4 Å². The molecule has 4 rings (SSSR count). The summed E-state index contributed by atoms with van der Waals surface area (Å²) in [5, 5.41) is 7.58. The molecule has 3 aromatic heterocycles. The number of aryl methyl sites for hydroxylation is 2. The fourth-order valence-corrected chi connectivity index (χ4v) is 4.37. The van der Waals surface area contributed by atoms with E-state index in [4.69, 9.17) is 0 Å². The highest BCUT2D eigenvalue weighted by Gasteiger charge is 2.33. The fourth-order valence-electron chi connectivity index (χ4n) is 3.52. The zero-order valence-corrected chi connectivity index (χ0v) is 17.3. The van der Waals surface area contributed by atoms with Gasteiger partial charge in [0.2, 0.25) is 16.0 Å². The van der Waals surface area contributed by atoms with E-state index in [2.05, 4.69) is 20.4 Å². The minimum atomic E-state index is -3.40. The van der Waals surface area contributed by atoms with Crippen LogP contribution >= 0.6 is 0 Å². The monoisotopic (exact) mass is 418 g/mol. The van der Waals surface area contributed by atoms with Crippen LogP contribution in [0.4, 0.5) is 10.3 Å². The number of halogens is 1. The van der Waals surface area contributed by atoms with Crippen LogP contribution in [0.5, 0.6) is 0 Å². The molecule has 0 aliphatic carbocycles. The molecule has 0 spiro atoms. The van der Waals surface area contributed by atoms with Crippen molar-refractivity contribution in [1.29, 1.82) is 0 Å². The van der Waals surface area contributed by atoms with Gasteiger partial charge in [0.05, 0.1) is 35.4 Å². The Morgan fingerprint density at radius 1 is 1.21 bits per heavy atom. The van der Waals surface area contributed by atoms with Crippen molar-refractivity contribution in [3.05, 3.63) is 41.7 Å². The summed E-state index contributed by atoms with van der Waals surface area (Å²) in [6.07, 6.45) is 3.59. The highest BCUT2D eigenvalue weighted by atomic mass is 32.2. The number of aromatic nitrogens is 4. The van der Waals surface area contributed by atoms with Crippen LogP contribution in [-0.4, -0.2) is 63.9 Å². The molecule has 0 amide bonds. The molecule has 0 saturated carbocycles. The standard InChI is InChI=1S/C19H23FN6O2S/c1-12-4-5-16(21-9-12)17-8-13(2)18-10-22-19(24-26(17)18)23-15-6-7-25(11-14(15)20)29(3,27)28/h4-5,8-10,14-15H,6-7,11H2,1-3H3,(H,23,24)/t14-,15-/m1/s1. The fraction of sp³-hybridized carbons (Fsp3) is 0.421. The number of anilines is 1. The van der Waals surface area contributed by atoms with Crippen LogP contribution in [0.15, 0.2) is 30.6 Å². The molecule has 8 nitrogen and oxygen atoms in total. The van der Waals surface area contributed by atoms with Gasteiger partial charge in [-0.15, -0.1) is 5.10 Å². The molecule has 1 N–H and O–H groups in total. The Hall–Kier alpha value is -2.59. The SMILES string of the molecule is Cc1ccc(-c2cc(C)c3cnc(N[C@@H]4CCN(S(C)(=O)=O)C[C@H]4F)nn23)nc1. The van der Waals surface area contributed by atoms with E-state index < -0.39 is 22.2 Å². The van der Waals surface area contributed by atoms with Crippen molar-refractivity contribution in [2.75, 3.05) is 24.7 Å². The second-order valence-corrected chi connectivity index (χ2v) is 9.47. The largest absolute Gasteiger partial charge is 0.347 e. The lowest BCUT2D eigenvalue weighted by atomic mass is 10.1. The first kappa shape index (κ1) is 19.7. The summed E-state index contributed by atoms with van der Waals surface area (Å²) < 4.78 is 40.8. The van der Waals surface area contributed by atoms with Gasteiger partial charge < -0.3 is 5.32 Å². The predicted octanol–water partition coefficient (Wildman–Crippen LogP) is 2.19. The van der Waals surface area contributed by atoms with Gasteiger partial charge in [0.25, 0.3) is 0 Å². The molecule has 29 heavy (non-hydrogen) atoms. The summed E-state index contributed by atoms with van der Waals surface area (Å²) in [5.74, 6) is 0.293. The molecule has 4 heterocycles. The summed E-state index contributed by atoms with van der Waals surface area (Å²) in [5.41, 5.74) is 4.54. The van der Waals surface area contributed by atoms with Crippen molar-refractivity contribution in [1.82, 2.24) is 23.9 Å². The Morgan fingerprint density at radius 3 is 2.66 bits per heavy atom. The molecule has 0 aromatic carbocycles. The molecule has 1 saturated heterocycles. The van der Waals surface area contributed by atoms with E-state index >= 15 is 0 Å². The molecule has 1 aliphatic heterocycles. The molecule has 2 atom stereocenters. The Balaban J connectivity index is 1.61. The van der Waals surface area contributed by atoms with Crippen molar-refractivity contribution in [2.24, 2.45) is 0 Å². The highest BCUT2D eigenvalue weighted by Crippen LogP contribution is 2.25. The molecule has 154 valence electrons. The number of sulfonamides is 1. The molecule has 1 aliphatic rings. The molecular weight excluding hydrogens is 395 g/mol. The van der Waals surface area contributed by atoms with Crippen molar-refractivity contribution in [2.45, 2.75) is 32.5 Å². The quantitative estimate of drug-likeness (QED) is 0.698. The van der Waals surface area contributed by atoms with Gasteiger partial charge in [0.15, 0.2) is 0 Å². The van der Waals surface area contributed by atoms with Crippen molar-refractivity contribution in [3.63, 3.8) is 0 Å². The zero-order chi connectivity index (χ0) is 20.8. The number of rotatable bonds is 4. The third kappa shape index (κ3) is 3.95. The smallest absolute Gasteiger partial charge is 0.241 e. The predicted molar refractivity (Wildman–Crippen MR) is 109 cm³/mol. The van der Waals surface area contributed by atoms with E-state index in [-0.39, 0.29) is 13.1 Å². The molecule has 1 fully saturated rings. The Morgan fingerprint density at radius 2 is 2.00 bits per heavy atom. The molecule has 3 aromatic rings. The lowest BCUT2D eigenvalue weighted by molar-refractivity contribution is 0.186. The number of alkyl halides is 1. The lowest BCUT2D eigenvalue weighted by Crippen LogP contribution is -2.49. The Bertz CT molecular complexity index is 1150. The molecule has 0 unspecified atom stereocenters. The van der Waals surface area contributed by atoms with Gasteiger partial charge in [-0.2, -0.15) is 4.31 Å². The van der Waals surface area contributed by atoms with E-state index in [1.165, 1.54) is 0 Å². The molecular formula is C19H23FN6O2S. The second kappa shape index (κ2) is 7.34. The van der Waals surface area contributed by atoms with Gasteiger partial charge in [-0.05, 0) is 43.5 Å². The zero-order valence-electron chi connectivity index (χ0n) is 16.5. The van der Waals surface area contributed by atoms with E-state index in [1.807, 2.05) is 32.0 Å². The average Bonchev–Trinajstić information content (AvgIpc) is 2.99. The minimum Gasteiger partial charge on any atom is -0.347 e. The van der Waals surface area contributed by atoms with E-state index in [0.29, 0.717) is 12.4 Å². The van der Waals surface area contributed by atoms with Crippen LogP contribution in [-0.2, 0) is 10.0 Å². The first-order valence-electron chi connectivity index (χ1n) is 9.36. The number of hydrogen-bond donors (Lipinski definition) is 1. The Labute approximate surface area is 168 Å². The molecule has 0 radical (unpaired) electrons. The van der Waals surface area contributed by atoms with Crippen LogP contribution in [0.1, 0.15) is 17.5 Å². The van der Waals surface area contributed by atoms with Crippen molar-refractivity contribution >= 4 is 21.5 Å². The van der Waals surface area contributed by atoms with Crippen LogP contribution in [0.2, 0.25) is 0 Å². The van der Waals surface area contributed by atoms with Gasteiger partial charge in [0.1, 0.15) is 6.17 Å². The number of fused-ring (bicyclic) bond motifs is 1. The topological polar surface area (TPSA) is 92.5 Å². The van der Waals surface area contributed by atoms with E-state index in [0.717, 1.165) is 38.6 Å². The average molecular weight is 418 g/mol. The van der Waals surface area contributed by atoms with E-state index in [1.54, 1.807) is 16.9 Å². The number of pyridine rings is 1. The summed E-state index contributed by atoms with van der Waals surface area (Å²) >= 11 is 0. The molecule has 10 heteroatoms. The minimum absolute atomic E-state index is 0.167. The summed E-state index contributed by atoms with van der Waals surface area (Å²) in [7, 11) is -3.40. The van der Waals surface area contributed by atoms with Crippen LogP contribution in [0, 0.1) is 13.8 Å². The van der Waals surface area contributed by atoms with Gasteiger partial charge >= 0.3 is 0 Å². The first-order valence-corrected chi connectivity index (χ1v) is 11.2. The van der Waals surface area contributed by atoms with Crippen LogP contribution in [0.3, 0.4) is 0 Å². The molecule has 0 bridgehead atoms. The first-order chi connectivity index (χ1) is 13.7. The van der Waals surface area contributed by atoms with Gasteiger partial charge in [-0.3, -0.25) is 4.98 Å². The maximum absolute atomic E-state index is 14.6. The van der Waals surface area contributed by atoms with Gasteiger partial charge in [-0.1, -0.05) is 6.07 Å². The maximum atomic E-state index is 14.6. The van der Waals surface area contributed by atoms with Gasteiger partial charge in [0, 0.05) is 19.3 Å². The normalized spacial score (nSPS) is 20.8. The summed E-state index contributed by atoms with van der Waals surface area (Å²) in [6.45, 7) is 4.05. The van der Waals surface area contributed by atoms with Crippen molar-refractivity contribution < 1.29 is 12.8 Å². The summed E-state index contributed by atoms with van der Waals surface area (Å²) in [4.78, 5) is 8.80. The number of piperidine rings is 1. The summed E-state index contributed by atoms with van der Waals surface area (Å²) in [6, 6.07) is 5.36. The second-order valence-electron chi connectivity index (χ2n) is 7.49. The Kier molecular flexibility index (Phi) is 4.99. The third-order valence-electron chi connectivity index (χ3n) is 5.18. The van der Waals surface area contributed by atoms with Gasteiger partial charge in [-0.25, -0.2) is 22.3 Å². The maximum Gasteiger partial charge on any atom is 0.241 e. The van der Waals surface area contributed by atoms with E-state index in [9.17, 15) is 12.8 Å². The lowest BCUT2D eigenvalue weighted by Gasteiger charge is -2.33.